The van der Waals surface area contributed by atoms with E-state index < -0.39 is 0 Å². The Balaban J connectivity index is 2.31. The molecule has 1 aliphatic heterocycles. The Bertz CT molecular complexity index is 512. The average molecular weight is 287 g/mol. The van der Waals surface area contributed by atoms with Gasteiger partial charge in [-0.25, -0.2) is 4.98 Å². The van der Waals surface area contributed by atoms with Gasteiger partial charge in [-0.15, -0.1) is 0 Å². The number of nitrogens with one attached hydrogen (secondary N) is 1. The molecule has 2 heterocycles. The maximum Gasteiger partial charge on any atom is 0.129 e. The quantitative estimate of drug-likeness (QED) is 0.857. The molecule has 0 spiro atoms. The maximum absolute atomic E-state index is 4.93. The van der Waals surface area contributed by atoms with Crippen LogP contribution in [0.2, 0.25) is 0 Å². The van der Waals surface area contributed by atoms with E-state index in [2.05, 4.69) is 63.0 Å². The first-order chi connectivity index (χ1) is 9.90. The minimum Gasteiger partial charge on any atom is -0.353 e. The first kappa shape index (κ1) is 16.0. The Labute approximate surface area is 129 Å². The summed E-state index contributed by atoms with van der Waals surface area (Å²) in [6.45, 7) is 15.0. The largest absolute Gasteiger partial charge is 0.353 e. The van der Waals surface area contributed by atoms with Gasteiger partial charge in [-0.3, -0.25) is 0 Å². The summed E-state index contributed by atoms with van der Waals surface area (Å²) in [5.41, 5.74) is 4.08. The highest BCUT2D eigenvalue weighted by Gasteiger charge is 2.19. The fourth-order valence-electron chi connectivity index (χ4n) is 2.47. The molecular weight excluding hydrogens is 258 g/mol. The molecule has 1 aromatic heterocycles. The van der Waals surface area contributed by atoms with Gasteiger partial charge < -0.3 is 10.2 Å². The average Bonchev–Trinajstić information content (AvgIpc) is 2.44. The number of pyridine rings is 1. The van der Waals surface area contributed by atoms with Crippen molar-refractivity contribution in [1.29, 1.82) is 0 Å². The van der Waals surface area contributed by atoms with E-state index in [1.54, 1.807) is 0 Å². The maximum atomic E-state index is 4.93. The summed E-state index contributed by atoms with van der Waals surface area (Å²) in [4.78, 5) is 7.32. The van der Waals surface area contributed by atoms with Gasteiger partial charge in [0.15, 0.2) is 0 Å². The molecule has 21 heavy (non-hydrogen) atoms. The van der Waals surface area contributed by atoms with Gasteiger partial charge >= 0.3 is 0 Å². The van der Waals surface area contributed by atoms with E-state index >= 15 is 0 Å². The van der Waals surface area contributed by atoms with Gasteiger partial charge in [-0.05, 0) is 37.6 Å². The van der Waals surface area contributed by atoms with Crippen molar-refractivity contribution < 1.29 is 0 Å². The summed E-state index contributed by atoms with van der Waals surface area (Å²) in [6.07, 6.45) is 3.46. The van der Waals surface area contributed by atoms with Crippen molar-refractivity contribution >= 4 is 5.82 Å². The second kappa shape index (κ2) is 6.61. The van der Waals surface area contributed by atoms with Crippen LogP contribution in [0.25, 0.3) is 0 Å². The lowest BCUT2D eigenvalue weighted by Gasteiger charge is -2.29. The number of rotatable bonds is 4. The third-order valence-electron chi connectivity index (χ3n) is 3.98. The van der Waals surface area contributed by atoms with Crippen LogP contribution >= 0.6 is 0 Å². The van der Waals surface area contributed by atoms with Crippen LogP contribution < -0.4 is 10.2 Å². The third kappa shape index (κ3) is 4.31. The Hall–Kier alpha value is -1.35. The monoisotopic (exact) mass is 287 g/mol. The molecule has 116 valence electrons. The molecular formula is C18H29N3. The summed E-state index contributed by atoms with van der Waals surface area (Å²) in [7, 11) is 0. The zero-order valence-electron chi connectivity index (χ0n) is 14.2. The van der Waals surface area contributed by atoms with E-state index in [-0.39, 0.29) is 5.41 Å². The van der Waals surface area contributed by atoms with E-state index in [0.29, 0.717) is 0 Å². The Morgan fingerprint density at radius 2 is 2.05 bits per heavy atom. The molecule has 0 aliphatic carbocycles. The van der Waals surface area contributed by atoms with Crippen molar-refractivity contribution in [2.75, 3.05) is 24.5 Å². The summed E-state index contributed by atoms with van der Waals surface area (Å²) in [6, 6.07) is 4.49. The summed E-state index contributed by atoms with van der Waals surface area (Å²) in [5, 5.41) is 3.42. The van der Waals surface area contributed by atoms with Crippen molar-refractivity contribution in [3.63, 3.8) is 0 Å². The van der Waals surface area contributed by atoms with Gasteiger partial charge in [0.2, 0.25) is 0 Å². The molecule has 0 radical (unpaired) electrons. The highest BCUT2D eigenvalue weighted by molar-refractivity contribution is 5.45. The molecule has 0 atom stereocenters. The molecule has 0 saturated carbocycles. The molecule has 0 saturated heterocycles. The summed E-state index contributed by atoms with van der Waals surface area (Å²) in [5.74, 6) is 1.12. The van der Waals surface area contributed by atoms with E-state index in [4.69, 9.17) is 4.98 Å². The van der Waals surface area contributed by atoms with Crippen molar-refractivity contribution in [3.05, 3.63) is 35.0 Å². The second-order valence-electron chi connectivity index (χ2n) is 7.00. The topological polar surface area (TPSA) is 28.2 Å². The first-order valence-electron chi connectivity index (χ1n) is 8.03. The minimum atomic E-state index is 0.0819. The smallest absolute Gasteiger partial charge is 0.129 e. The van der Waals surface area contributed by atoms with Crippen LogP contribution in [0, 0.1) is 0 Å². The van der Waals surface area contributed by atoms with Crippen LogP contribution in [0.1, 0.15) is 52.3 Å². The SMILES string of the molecule is CCNCc1cc(N2CC=C(C)CC2)nc(C(C)(C)C)c1. The van der Waals surface area contributed by atoms with E-state index in [9.17, 15) is 0 Å². The first-order valence-corrected chi connectivity index (χ1v) is 8.03. The Morgan fingerprint density at radius 3 is 2.62 bits per heavy atom. The molecule has 0 fully saturated rings. The van der Waals surface area contributed by atoms with Crippen LogP contribution in [0.4, 0.5) is 5.82 Å². The second-order valence-corrected chi connectivity index (χ2v) is 7.00. The zero-order chi connectivity index (χ0) is 15.5. The summed E-state index contributed by atoms with van der Waals surface area (Å²) >= 11 is 0. The summed E-state index contributed by atoms with van der Waals surface area (Å²) < 4.78 is 0. The van der Waals surface area contributed by atoms with Crippen LogP contribution in [-0.4, -0.2) is 24.6 Å². The zero-order valence-corrected chi connectivity index (χ0v) is 14.2. The molecule has 1 N–H and O–H groups in total. The van der Waals surface area contributed by atoms with E-state index in [0.717, 1.165) is 38.4 Å². The van der Waals surface area contributed by atoms with Crippen LogP contribution in [0.5, 0.6) is 0 Å². The van der Waals surface area contributed by atoms with Gasteiger partial charge in [-0.2, -0.15) is 0 Å². The van der Waals surface area contributed by atoms with E-state index in [1.807, 2.05) is 0 Å². The van der Waals surface area contributed by atoms with Crippen molar-refractivity contribution in [2.45, 2.75) is 53.0 Å². The third-order valence-corrected chi connectivity index (χ3v) is 3.98. The van der Waals surface area contributed by atoms with Gasteiger partial charge in [0, 0.05) is 30.7 Å². The molecule has 0 bridgehead atoms. The minimum absolute atomic E-state index is 0.0819. The predicted molar refractivity (Wildman–Crippen MR) is 90.9 cm³/mol. The number of nitrogens with zero attached hydrogens (tertiary/aromatic N) is 2. The van der Waals surface area contributed by atoms with Crippen LogP contribution in [0.3, 0.4) is 0 Å². The van der Waals surface area contributed by atoms with Gasteiger partial charge in [-0.1, -0.05) is 39.3 Å². The van der Waals surface area contributed by atoms with Gasteiger partial charge in [0.1, 0.15) is 5.82 Å². The van der Waals surface area contributed by atoms with Crippen molar-refractivity contribution in [3.8, 4) is 0 Å². The number of anilines is 1. The Morgan fingerprint density at radius 1 is 1.29 bits per heavy atom. The Kier molecular flexibility index (Phi) is 5.04. The highest BCUT2D eigenvalue weighted by Crippen LogP contribution is 2.26. The number of hydrogen-bond acceptors (Lipinski definition) is 3. The molecule has 3 nitrogen and oxygen atoms in total. The lowest BCUT2D eigenvalue weighted by atomic mass is 9.90. The number of aromatic nitrogens is 1. The molecule has 1 aromatic rings. The standard InChI is InChI=1S/C18H29N3/c1-6-19-13-15-11-16(18(3,4)5)20-17(12-15)21-9-7-14(2)8-10-21/h7,11-12,19H,6,8-10,13H2,1-5H3. The lowest BCUT2D eigenvalue weighted by Crippen LogP contribution is -2.30. The van der Waals surface area contributed by atoms with Crippen LogP contribution in [0.15, 0.2) is 23.8 Å². The molecule has 0 aromatic carbocycles. The highest BCUT2D eigenvalue weighted by atomic mass is 15.2. The van der Waals surface area contributed by atoms with Crippen LogP contribution in [-0.2, 0) is 12.0 Å². The molecule has 1 aliphatic rings. The van der Waals surface area contributed by atoms with Crippen molar-refractivity contribution in [1.82, 2.24) is 10.3 Å². The van der Waals surface area contributed by atoms with Crippen molar-refractivity contribution in [2.24, 2.45) is 0 Å². The molecule has 3 heteroatoms. The fourth-order valence-corrected chi connectivity index (χ4v) is 2.47. The van der Waals surface area contributed by atoms with Gasteiger partial charge in [0.25, 0.3) is 0 Å². The molecule has 0 unspecified atom stereocenters. The number of hydrogen-bond donors (Lipinski definition) is 1. The van der Waals surface area contributed by atoms with Gasteiger partial charge in [0.05, 0.1) is 0 Å². The fraction of sp³-hybridized carbons (Fsp3) is 0.611. The molecule has 0 amide bonds. The lowest BCUT2D eigenvalue weighted by molar-refractivity contribution is 0.565. The molecule has 2 rings (SSSR count). The predicted octanol–water partition coefficient (Wildman–Crippen LogP) is 3.65. The normalized spacial score (nSPS) is 16.0. The van der Waals surface area contributed by atoms with E-state index in [1.165, 1.54) is 16.8 Å².